The molecule has 0 fully saturated rings. The summed E-state index contributed by atoms with van der Waals surface area (Å²) >= 11 is 0. The summed E-state index contributed by atoms with van der Waals surface area (Å²) < 4.78 is 17.6. The van der Waals surface area contributed by atoms with E-state index in [0.717, 1.165) is 5.39 Å². The molecule has 23 heavy (non-hydrogen) atoms. The first-order chi connectivity index (χ1) is 11.3. The average Bonchev–Trinajstić information content (AvgIpc) is 2.60. The van der Waals surface area contributed by atoms with E-state index in [4.69, 9.17) is 4.74 Å². The Kier molecular flexibility index (Phi) is 4.37. The summed E-state index contributed by atoms with van der Waals surface area (Å²) in [6.45, 7) is -0.643. The molecule has 3 aromatic rings. The molecule has 2 aromatic heterocycles. The lowest BCUT2D eigenvalue weighted by Crippen LogP contribution is -2.14. The first kappa shape index (κ1) is 14.8. The van der Waals surface area contributed by atoms with Crippen LogP contribution in [-0.4, -0.2) is 34.1 Å². The van der Waals surface area contributed by atoms with E-state index < -0.39 is 12.6 Å². The fourth-order valence-electron chi connectivity index (χ4n) is 2.10. The van der Waals surface area contributed by atoms with Crippen molar-refractivity contribution in [1.29, 1.82) is 0 Å². The van der Waals surface area contributed by atoms with Gasteiger partial charge >= 0.3 is 0 Å². The minimum atomic E-state index is -0.591. The maximum absolute atomic E-state index is 12.3. The first-order valence-corrected chi connectivity index (χ1v) is 6.93. The summed E-state index contributed by atoms with van der Waals surface area (Å²) in [4.78, 5) is 24.3. The van der Waals surface area contributed by atoms with Crippen LogP contribution in [0.5, 0.6) is 5.75 Å². The van der Waals surface area contributed by atoms with Crippen molar-refractivity contribution in [2.45, 2.75) is 0 Å². The number of nitrogens with zero attached hydrogens (tertiary/aromatic N) is 3. The SMILES string of the molecule is O=C(Nc1cc(OCCF)cc2cccnc12)c1cnccn1. The molecular weight excluding hydrogens is 299 g/mol. The summed E-state index contributed by atoms with van der Waals surface area (Å²) in [5.74, 6) is 0.0466. The van der Waals surface area contributed by atoms with Crippen molar-refractivity contribution in [1.82, 2.24) is 15.0 Å². The van der Waals surface area contributed by atoms with Gasteiger partial charge in [0.05, 0.1) is 17.4 Å². The standard InChI is InChI=1S/C16H13FN4O2/c17-3-7-23-12-8-11-2-1-4-20-15(11)13(9-12)21-16(22)14-10-18-5-6-19-14/h1-2,4-6,8-10H,3,7H2,(H,21,22). The number of nitrogens with one attached hydrogen (secondary N) is 1. The summed E-state index contributed by atoms with van der Waals surface area (Å²) in [6, 6.07) is 6.97. The molecule has 3 rings (SSSR count). The van der Waals surface area contributed by atoms with Crippen molar-refractivity contribution in [2.75, 3.05) is 18.6 Å². The number of rotatable bonds is 5. The van der Waals surface area contributed by atoms with Gasteiger partial charge in [0.25, 0.3) is 5.91 Å². The normalized spacial score (nSPS) is 10.5. The number of halogens is 1. The second kappa shape index (κ2) is 6.78. The molecule has 0 aliphatic carbocycles. The third-order valence-electron chi connectivity index (χ3n) is 3.07. The zero-order valence-electron chi connectivity index (χ0n) is 12.1. The van der Waals surface area contributed by atoms with E-state index in [0.29, 0.717) is 17.0 Å². The quantitative estimate of drug-likeness (QED) is 0.783. The van der Waals surface area contributed by atoms with Crippen LogP contribution in [0.1, 0.15) is 10.5 Å². The summed E-state index contributed by atoms with van der Waals surface area (Å²) in [6.07, 6.45) is 5.92. The predicted molar refractivity (Wildman–Crippen MR) is 83.2 cm³/mol. The van der Waals surface area contributed by atoms with Crippen molar-refractivity contribution in [3.05, 3.63) is 54.7 Å². The van der Waals surface area contributed by atoms with Crippen LogP contribution in [0.4, 0.5) is 10.1 Å². The van der Waals surface area contributed by atoms with Crippen molar-refractivity contribution in [3.63, 3.8) is 0 Å². The van der Waals surface area contributed by atoms with Gasteiger partial charge in [0.1, 0.15) is 24.7 Å². The zero-order chi connectivity index (χ0) is 16.1. The van der Waals surface area contributed by atoms with Gasteiger partial charge in [-0.05, 0) is 12.1 Å². The number of carbonyl (C=O) groups excluding carboxylic acids is 1. The number of hydrogen-bond donors (Lipinski definition) is 1. The third kappa shape index (κ3) is 3.39. The van der Waals surface area contributed by atoms with Gasteiger partial charge < -0.3 is 10.1 Å². The Balaban J connectivity index is 1.96. The highest BCUT2D eigenvalue weighted by molar-refractivity contribution is 6.07. The molecule has 6 nitrogen and oxygen atoms in total. The highest BCUT2D eigenvalue weighted by Gasteiger charge is 2.12. The number of benzene rings is 1. The average molecular weight is 312 g/mol. The predicted octanol–water partition coefficient (Wildman–Crippen LogP) is 2.63. The number of hydrogen-bond acceptors (Lipinski definition) is 5. The lowest BCUT2D eigenvalue weighted by molar-refractivity contribution is 0.102. The van der Waals surface area contributed by atoms with E-state index >= 15 is 0 Å². The highest BCUT2D eigenvalue weighted by Crippen LogP contribution is 2.28. The molecule has 0 atom stereocenters. The fourth-order valence-corrected chi connectivity index (χ4v) is 2.10. The van der Waals surface area contributed by atoms with E-state index in [9.17, 15) is 9.18 Å². The third-order valence-corrected chi connectivity index (χ3v) is 3.07. The van der Waals surface area contributed by atoms with Gasteiger partial charge in [-0.15, -0.1) is 0 Å². The minimum absolute atomic E-state index is 0.0523. The molecule has 2 heterocycles. The molecule has 116 valence electrons. The second-order valence-electron chi connectivity index (χ2n) is 4.63. The monoisotopic (exact) mass is 312 g/mol. The molecule has 1 amide bonds. The van der Waals surface area contributed by atoms with Gasteiger partial charge in [-0.1, -0.05) is 6.07 Å². The Bertz CT molecular complexity index is 827. The number of anilines is 1. The Morgan fingerprint density at radius 3 is 2.91 bits per heavy atom. The summed E-state index contributed by atoms with van der Waals surface area (Å²) in [5.41, 5.74) is 1.26. The molecule has 0 unspecified atom stereocenters. The van der Waals surface area contributed by atoms with Crippen molar-refractivity contribution in [2.24, 2.45) is 0 Å². The van der Waals surface area contributed by atoms with E-state index in [1.165, 1.54) is 18.6 Å². The van der Waals surface area contributed by atoms with Gasteiger partial charge in [0.2, 0.25) is 0 Å². The number of amides is 1. The lowest BCUT2D eigenvalue weighted by atomic mass is 10.1. The Hall–Kier alpha value is -3.09. The smallest absolute Gasteiger partial charge is 0.275 e. The van der Waals surface area contributed by atoms with E-state index in [1.807, 2.05) is 6.07 Å². The second-order valence-corrected chi connectivity index (χ2v) is 4.63. The Morgan fingerprint density at radius 2 is 2.13 bits per heavy atom. The molecule has 7 heteroatoms. The maximum Gasteiger partial charge on any atom is 0.275 e. The largest absolute Gasteiger partial charge is 0.491 e. The number of fused-ring (bicyclic) bond motifs is 1. The van der Waals surface area contributed by atoms with E-state index in [2.05, 4.69) is 20.3 Å². The Morgan fingerprint density at radius 1 is 1.22 bits per heavy atom. The van der Waals surface area contributed by atoms with Crippen LogP contribution in [0.15, 0.2) is 49.1 Å². The molecule has 1 N–H and O–H groups in total. The van der Waals surface area contributed by atoms with Crippen LogP contribution in [-0.2, 0) is 0 Å². The van der Waals surface area contributed by atoms with Crippen LogP contribution in [0.2, 0.25) is 0 Å². The molecule has 0 spiro atoms. The molecule has 0 bridgehead atoms. The van der Waals surface area contributed by atoms with E-state index in [1.54, 1.807) is 24.4 Å². The van der Waals surface area contributed by atoms with Crippen molar-refractivity contribution in [3.8, 4) is 5.75 Å². The van der Waals surface area contributed by atoms with Gasteiger partial charge in [-0.2, -0.15) is 0 Å². The summed E-state index contributed by atoms with van der Waals surface area (Å²) in [5, 5.41) is 3.52. The highest BCUT2D eigenvalue weighted by atomic mass is 19.1. The van der Waals surface area contributed by atoms with Crippen LogP contribution in [0.3, 0.4) is 0 Å². The maximum atomic E-state index is 12.3. The van der Waals surface area contributed by atoms with Gasteiger partial charge in [-0.3, -0.25) is 14.8 Å². The molecule has 0 saturated carbocycles. The molecule has 0 aliphatic heterocycles. The fraction of sp³-hybridized carbons (Fsp3) is 0.125. The summed E-state index contributed by atoms with van der Waals surface area (Å²) in [7, 11) is 0. The zero-order valence-corrected chi connectivity index (χ0v) is 12.1. The molecule has 1 aromatic carbocycles. The van der Waals surface area contributed by atoms with E-state index in [-0.39, 0.29) is 12.3 Å². The van der Waals surface area contributed by atoms with Crippen LogP contribution in [0, 0.1) is 0 Å². The molecular formula is C16H13FN4O2. The number of alkyl halides is 1. The molecule has 0 saturated heterocycles. The number of ether oxygens (including phenoxy) is 1. The van der Waals surface area contributed by atoms with Crippen LogP contribution in [0.25, 0.3) is 10.9 Å². The molecule has 0 radical (unpaired) electrons. The number of aromatic nitrogens is 3. The van der Waals surface area contributed by atoms with Gasteiger partial charge in [0, 0.05) is 30.0 Å². The van der Waals surface area contributed by atoms with Crippen molar-refractivity contribution < 1.29 is 13.9 Å². The lowest BCUT2D eigenvalue weighted by Gasteiger charge is -2.11. The van der Waals surface area contributed by atoms with Crippen LogP contribution >= 0.6 is 0 Å². The van der Waals surface area contributed by atoms with Gasteiger partial charge in [-0.25, -0.2) is 9.37 Å². The number of carbonyl (C=O) groups is 1. The van der Waals surface area contributed by atoms with Gasteiger partial charge in [0.15, 0.2) is 0 Å². The minimum Gasteiger partial charge on any atom is -0.491 e. The van der Waals surface area contributed by atoms with Crippen molar-refractivity contribution >= 4 is 22.5 Å². The first-order valence-electron chi connectivity index (χ1n) is 6.93. The molecule has 0 aliphatic rings. The number of pyridine rings is 1. The van der Waals surface area contributed by atoms with Crippen LogP contribution < -0.4 is 10.1 Å². The topological polar surface area (TPSA) is 77.0 Å². The Labute approximate surface area is 131 Å².